The molecule has 1 saturated heterocycles. The number of fused-ring (bicyclic) bond motifs is 1. The topological polar surface area (TPSA) is 80.9 Å². The number of ether oxygens (including phenoxy) is 2. The monoisotopic (exact) mass is 354 g/mol. The smallest absolute Gasteiger partial charge is 0.157 e. The van der Waals surface area contributed by atoms with Crippen molar-refractivity contribution in [1.82, 2.24) is 14.4 Å². The summed E-state index contributed by atoms with van der Waals surface area (Å²) in [6.45, 7) is 1.46. The van der Waals surface area contributed by atoms with Gasteiger partial charge in [0.2, 0.25) is 0 Å². The molecule has 0 spiro atoms. The first kappa shape index (κ1) is 16.8. The van der Waals surface area contributed by atoms with Gasteiger partial charge in [0.15, 0.2) is 5.65 Å². The average molecular weight is 354 g/mol. The molecule has 3 aromatic rings. The molecule has 0 amide bonds. The molecule has 0 saturated carbocycles. The van der Waals surface area contributed by atoms with Crippen LogP contribution in [0.25, 0.3) is 16.9 Å². The van der Waals surface area contributed by atoms with Gasteiger partial charge in [0.05, 0.1) is 26.0 Å². The van der Waals surface area contributed by atoms with E-state index in [1.165, 1.54) is 0 Å². The molecule has 1 fully saturated rings. The van der Waals surface area contributed by atoms with Crippen LogP contribution in [0.15, 0.2) is 36.8 Å². The maximum absolute atomic E-state index is 9.63. The van der Waals surface area contributed by atoms with E-state index in [2.05, 4.69) is 10.3 Å². The number of benzene rings is 1. The number of hydrogen-bond acceptors (Lipinski definition) is 6. The van der Waals surface area contributed by atoms with E-state index in [0.29, 0.717) is 5.75 Å². The normalized spacial score (nSPS) is 16.9. The summed E-state index contributed by atoms with van der Waals surface area (Å²) in [7, 11) is 1.60. The van der Waals surface area contributed by atoms with Crippen LogP contribution in [0.5, 0.6) is 5.75 Å². The van der Waals surface area contributed by atoms with Crippen molar-refractivity contribution in [3.8, 4) is 17.0 Å². The summed E-state index contributed by atoms with van der Waals surface area (Å²) in [4.78, 5) is 8.90. The molecule has 0 radical (unpaired) electrons. The number of methoxy groups -OCH3 is 1. The van der Waals surface area contributed by atoms with E-state index in [1.807, 2.05) is 28.8 Å². The number of nitrogens with zero attached hydrogens (tertiary/aromatic N) is 3. The predicted octanol–water partition coefficient (Wildman–Crippen LogP) is 2.49. The van der Waals surface area contributed by atoms with Crippen LogP contribution in [0.1, 0.15) is 18.4 Å². The summed E-state index contributed by atoms with van der Waals surface area (Å²) in [5.41, 5.74) is 3.21. The fourth-order valence-corrected chi connectivity index (χ4v) is 3.34. The first-order valence-electron chi connectivity index (χ1n) is 8.76. The molecule has 1 aliphatic heterocycles. The van der Waals surface area contributed by atoms with Crippen LogP contribution >= 0.6 is 0 Å². The molecule has 7 heteroatoms. The first-order valence-corrected chi connectivity index (χ1v) is 8.76. The fourth-order valence-electron chi connectivity index (χ4n) is 3.34. The molecule has 7 nitrogen and oxygen atoms in total. The molecule has 26 heavy (non-hydrogen) atoms. The Bertz CT molecular complexity index is 903. The minimum Gasteiger partial charge on any atom is -0.496 e. The van der Waals surface area contributed by atoms with E-state index < -0.39 is 0 Å². The van der Waals surface area contributed by atoms with Gasteiger partial charge >= 0.3 is 0 Å². The molecule has 3 heterocycles. The molecule has 1 aromatic carbocycles. The SMILES string of the molecule is COc1ccc(-c2nc3cnccn3c2NC[C@H]2CCCO2)cc1CO. The van der Waals surface area contributed by atoms with Gasteiger partial charge in [-0.3, -0.25) is 9.38 Å². The number of aromatic nitrogens is 3. The maximum Gasteiger partial charge on any atom is 0.157 e. The maximum atomic E-state index is 9.63. The largest absolute Gasteiger partial charge is 0.496 e. The van der Waals surface area contributed by atoms with Crippen molar-refractivity contribution in [2.75, 3.05) is 25.6 Å². The third kappa shape index (κ3) is 3.11. The van der Waals surface area contributed by atoms with E-state index in [4.69, 9.17) is 14.5 Å². The summed E-state index contributed by atoms with van der Waals surface area (Å²) in [6, 6.07) is 5.71. The minimum absolute atomic E-state index is 0.0926. The van der Waals surface area contributed by atoms with Gasteiger partial charge in [0.1, 0.15) is 17.3 Å². The number of aliphatic hydroxyl groups is 1. The lowest BCUT2D eigenvalue weighted by molar-refractivity contribution is 0.120. The highest BCUT2D eigenvalue weighted by molar-refractivity contribution is 5.77. The van der Waals surface area contributed by atoms with Crippen LogP contribution in [-0.2, 0) is 11.3 Å². The van der Waals surface area contributed by atoms with Crippen LogP contribution in [0, 0.1) is 0 Å². The van der Waals surface area contributed by atoms with Gasteiger partial charge in [-0.2, -0.15) is 0 Å². The highest BCUT2D eigenvalue weighted by atomic mass is 16.5. The predicted molar refractivity (Wildman–Crippen MR) is 98.4 cm³/mol. The van der Waals surface area contributed by atoms with Crippen molar-refractivity contribution in [2.45, 2.75) is 25.6 Å². The second-order valence-electron chi connectivity index (χ2n) is 6.31. The van der Waals surface area contributed by atoms with Crippen molar-refractivity contribution in [3.05, 3.63) is 42.4 Å². The number of nitrogens with one attached hydrogen (secondary N) is 1. The highest BCUT2D eigenvalue weighted by Crippen LogP contribution is 2.32. The van der Waals surface area contributed by atoms with E-state index >= 15 is 0 Å². The quantitative estimate of drug-likeness (QED) is 0.708. The van der Waals surface area contributed by atoms with Gasteiger partial charge in [0, 0.05) is 36.7 Å². The lowest BCUT2D eigenvalue weighted by atomic mass is 10.1. The van der Waals surface area contributed by atoms with Crippen LogP contribution in [-0.4, -0.2) is 45.8 Å². The lowest BCUT2D eigenvalue weighted by Gasteiger charge is -2.14. The van der Waals surface area contributed by atoms with Crippen LogP contribution < -0.4 is 10.1 Å². The standard InChI is InChI=1S/C19H22N4O3/c1-25-16-5-4-13(9-14(16)12-24)18-19(21-10-15-3-2-8-26-15)23-7-6-20-11-17(23)22-18/h4-7,9,11,15,21,24H,2-3,8,10,12H2,1H3/t15-/m1/s1. The van der Waals surface area contributed by atoms with Gasteiger partial charge in [-0.15, -0.1) is 0 Å². The average Bonchev–Trinajstić information content (AvgIpc) is 3.33. The molecule has 1 atom stereocenters. The second kappa shape index (κ2) is 7.31. The molecular formula is C19H22N4O3. The van der Waals surface area contributed by atoms with Crippen molar-refractivity contribution < 1.29 is 14.6 Å². The number of rotatable bonds is 6. The van der Waals surface area contributed by atoms with Crippen LogP contribution in [0.3, 0.4) is 0 Å². The molecular weight excluding hydrogens is 332 g/mol. The van der Waals surface area contributed by atoms with Gasteiger partial charge in [-0.1, -0.05) is 0 Å². The highest BCUT2D eigenvalue weighted by Gasteiger charge is 2.19. The van der Waals surface area contributed by atoms with Gasteiger partial charge < -0.3 is 19.9 Å². The first-order chi connectivity index (χ1) is 12.8. The van der Waals surface area contributed by atoms with Gasteiger partial charge in [-0.25, -0.2) is 4.98 Å². The molecule has 4 rings (SSSR count). The molecule has 2 aromatic heterocycles. The zero-order valence-electron chi connectivity index (χ0n) is 14.7. The Morgan fingerprint density at radius 1 is 1.42 bits per heavy atom. The van der Waals surface area contributed by atoms with E-state index in [1.54, 1.807) is 19.5 Å². The van der Waals surface area contributed by atoms with Crippen LogP contribution in [0.2, 0.25) is 0 Å². The summed E-state index contributed by atoms with van der Waals surface area (Å²) in [5.74, 6) is 1.56. The molecule has 0 bridgehead atoms. The van der Waals surface area contributed by atoms with Crippen molar-refractivity contribution in [1.29, 1.82) is 0 Å². The number of aliphatic hydroxyl groups excluding tert-OH is 1. The summed E-state index contributed by atoms with van der Waals surface area (Å²) < 4.78 is 13.0. The number of hydrogen-bond donors (Lipinski definition) is 2. The summed E-state index contributed by atoms with van der Waals surface area (Å²) in [6.07, 6.45) is 7.76. The number of imidazole rings is 1. The molecule has 1 aliphatic rings. The van der Waals surface area contributed by atoms with E-state index in [0.717, 1.165) is 54.3 Å². The zero-order valence-corrected chi connectivity index (χ0v) is 14.7. The van der Waals surface area contributed by atoms with E-state index in [9.17, 15) is 5.11 Å². The van der Waals surface area contributed by atoms with E-state index in [-0.39, 0.29) is 12.7 Å². The number of anilines is 1. The van der Waals surface area contributed by atoms with Gasteiger partial charge in [-0.05, 0) is 31.0 Å². The molecule has 0 unspecified atom stereocenters. The third-order valence-electron chi connectivity index (χ3n) is 4.68. The molecule has 136 valence electrons. The Morgan fingerprint density at radius 2 is 2.35 bits per heavy atom. The summed E-state index contributed by atoms with van der Waals surface area (Å²) >= 11 is 0. The van der Waals surface area contributed by atoms with Crippen molar-refractivity contribution in [3.63, 3.8) is 0 Å². The minimum atomic E-state index is -0.0926. The van der Waals surface area contributed by atoms with Crippen molar-refractivity contribution in [2.24, 2.45) is 0 Å². The zero-order chi connectivity index (χ0) is 17.9. The Morgan fingerprint density at radius 3 is 3.12 bits per heavy atom. The Balaban J connectivity index is 1.74. The third-order valence-corrected chi connectivity index (χ3v) is 4.68. The van der Waals surface area contributed by atoms with Crippen molar-refractivity contribution >= 4 is 11.5 Å². The lowest BCUT2D eigenvalue weighted by Crippen LogP contribution is -2.19. The summed E-state index contributed by atoms with van der Waals surface area (Å²) in [5, 5.41) is 13.1. The second-order valence-corrected chi connectivity index (χ2v) is 6.31. The molecule has 0 aliphatic carbocycles. The fraction of sp³-hybridized carbons (Fsp3) is 0.368. The van der Waals surface area contributed by atoms with Gasteiger partial charge in [0.25, 0.3) is 0 Å². The Hall–Kier alpha value is -2.64. The Labute approximate surface area is 151 Å². The molecule has 2 N–H and O–H groups in total. The Kier molecular flexibility index (Phi) is 4.73. The van der Waals surface area contributed by atoms with Crippen LogP contribution in [0.4, 0.5) is 5.82 Å².